The summed E-state index contributed by atoms with van der Waals surface area (Å²) in [4.78, 5) is 0. The summed E-state index contributed by atoms with van der Waals surface area (Å²) in [6.45, 7) is 8.27. The van der Waals surface area contributed by atoms with Crippen LogP contribution in [0.15, 0.2) is 72.8 Å². The van der Waals surface area contributed by atoms with Gasteiger partial charge in [-0.1, -0.05) is 0 Å². The second kappa shape index (κ2) is 9.01. The molecule has 0 atom stereocenters. The van der Waals surface area contributed by atoms with Crippen molar-refractivity contribution in [3.63, 3.8) is 0 Å². The summed E-state index contributed by atoms with van der Waals surface area (Å²) in [6, 6.07) is 23.4. The fourth-order valence-electron chi connectivity index (χ4n) is 4.28. The van der Waals surface area contributed by atoms with Crippen LogP contribution in [0.2, 0.25) is 0 Å². The van der Waals surface area contributed by atoms with Gasteiger partial charge in [-0.3, -0.25) is 0 Å². The molecule has 0 aromatic heterocycles. The third-order valence-electron chi connectivity index (χ3n) is 6.06. The van der Waals surface area contributed by atoms with Crippen LogP contribution in [0.5, 0.6) is 0 Å². The topological polar surface area (TPSA) is 0 Å². The van der Waals surface area contributed by atoms with Gasteiger partial charge >= 0.3 is 197 Å². The maximum absolute atomic E-state index is 14.2. The molecule has 31 heavy (non-hydrogen) atoms. The van der Waals surface area contributed by atoms with E-state index < -0.39 is 17.2 Å². The second-order valence-corrected chi connectivity index (χ2v) is 11.0. The number of rotatable bonds is 6. The van der Waals surface area contributed by atoms with Gasteiger partial charge in [-0.25, -0.2) is 0 Å². The first-order valence-corrected chi connectivity index (χ1v) is 11.9. The van der Waals surface area contributed by atoms with Crippen LogP contribution < -0.4 is 3.58 Å². The Balaban J connectivity index is 2.12. The SMILES string of the molecule is CC(C)(Cc1cc[c]([Sn])c(C(F)(F)F)c1CC(C)(C)c1ccccc1)c1ccccc1. The number of halogens is 3. The Bertz CT molecular complexity index is 1020. The van der Waals surface area contributed by atoms with Gasteiger partial charge in [0.25, 0.3) is 0 Å². The van der Waals surface area contributed by atoms with Crippen molar-refractivity contribution >= 4 is 26.1 Å². The molecule has 0 fully saturated rings. The van der Waals surface area contributed by atoms with Gasteiger partial charge in [0.2, 0.25) is 0 Å². The van der Waals surface area contributed by atoms with Gasteiger partial charge in [0.05, 0.1) is 0 Å². The molecule has 3 aromatic carbocycles. The molecule has 0 saturated heterocycles. The van der Waals surface area contributed by atoms with E-state index in [0.29, 0.717) is 22.0 Å². The first-order valence-electron chi connectivity index (χ1n) is 10.5. The molecule has 3 aromatic rings. The molecule has 0 amide bonds. The zero-order chi connectivity index (χ0) is 22.9. The molecule has 0 spiro atoms. The van der Waals surface area contributed by atoms with Crippen LogP contribution in [0.1, 0.15) is 55.5 Å². The van der Waals surface area contributed by atoms with Crippen LogP contribution >= 0.6 is 0 Å². The number of hydrogen-bond donors (Lipinski definition) is 0. The molecule has 0 heterocycles. The van der Waals surface area contributed by atoms with Gasteiger partial charge in [-0.15, -0.1) is 0 Å². The average Bonchev–Trinajstić information content (AvgIpc) is 2.70. The Labute approximate surface area is 197 Å². The van der Waals surface area contributed by atoms with Crippen molar-refractivity contribution in [3.8, 4) is 0 Å². The molecule has 0 unspecified atom stereocenters. The monoisotopic (exact) mass is 529 g/mol. The van der Waals surface area contributed by atoms with Crippen molar-refractivity contribution in [3.05, 3.63) is 101 Å². The molecule has 3 rings (SSSR count). The molecule has 0 bridgehead atoms. The molecule has 0 aliphatic rings. The maximum atomic E-state index is 14.2. The van der Waals surface area contributed by atoms with E-state index in [-0.39, 0.29) is 5.41 Å². The third kappa shape index (κ3) is 5.54. The van der Waals surface area contributed by atoms with Crippen molar-refractivity contribution in [1.29, 1.82) is 0 Å². The van der Waals surface area contributed by atoms with Crippen LogP contribution in [0.3, 0.4) is 0 Å². The third-order valence-corrected chi connectivity index (χ3v) is 7.24. The fourth-order valence-corrected chi connectivity index (χ4v) is 5.36. The standard InChI is InChI=1S/C27H28F3.Sn/c1-25(2,21-13-7-5-8-14-21)18-20-12-11-17-24(27(28,29)30)23(20)19-26(3,4)22-15-9-6-10-16-22;/h5-16H,18-19H2,1-4H3;. The molecular weight excluding hydrogens is 500 g/mol. The molecule has 0 nitrogen and oxygen atoms in total. The molecule has 0 aliphatic heterocycles. The van der Waals surface area contributed by atoms with Gasteiger partial charge < -0.3 is 0 Å². The Morgan fingerprint density at radius 1 is 0.645 bits per heavy atom. The van der Waals surface area contributed by atoms with E-state index in [1.807, 2.05) is 68.4 Å². The molecular formula is C27H28F3Sn. The molecule has 0 aliphatic carbocycles. The van der Waals surface area contributed by atoms with E-state index in [2.05, 4.69) is 26.0 Å². The van der Waals surface area contributed by atoms with Crippen molar-refractivity contribution < 1.29 is 13.2 Å². The molecule has 3 radical (unpaired) electrons. The summed E-state index contributed by atoms with van der Waals surface area (Å²) < 4.78 is 43.1. The van der Waals surface area contributed by atoms with Crippen LogP contribution in [-0.2, 0) is 29.8 Å². The first-order chi connectivity index (χ1) is 14.4. The summed E-state index contributed by atoms with van der Waals surface area (Å²) in [6.07, 6.45) is -3.47. The van der Waals surface area contributed by atoms with Crippen LogP contribution in [0.25, 0.3) is 0 Å². The van der Waals surface area contributed by atoms with Gasteiger partial charge in [0, 0.05) is 0 Å². The van der Waals surface area contributed by atoms with Crippen LogP contribution in [-0.4, -0.2) is 22.5 Å². The van der Waals surface area contributed by atoms with Crippen molar-refractivity contribution in [2.75, 3.05) is 0 Å². The van der Waals surface area contributed by atoms with Crippen molar-refractivity contribution in [2.24, 2.45) is 0 Å². The van der Waals surface area contributed by atoms with E-state index >= 15 is 0 Å². The van der Waals surface area contributed by atoms with Gasteiger partial charge in [0.15, 0.2) is 0 Å². The molecule has 161 valence electrons. The molecule has 0 N–H and O–H groups in total. The Morgan fingerprint density at radius 3 is 1.55 bits per heavy atom. The van der Waals surface area contributed by atoms with E-state index in [1.54, 1.807) is 6.07 Å². The van der Waals surface area contributed by atoms with Gasteiger partial charge in [-0.05, 0) is 0 Å². The van der Waals surface area contributed by atoms with Crippen LogP contribution in [0, 0.1) is 0 Å². The molecule has 4 heteroatoms. The number of hydrogen-bond acceptors (Lipinski definition) is 0. The predicted octanol–water partition coefficient (Wildman–Crippen LogP) is 6.54. The van der Waals surface area contributed by atoms with E-state index in [0.717, 1.165) is 39.2 Å². The zero-order valence-electron chi connectivity index (χ0n) is 18.5. The Hall–Kier alpha value is -1.75. The Morgan fingerprint density at radius 2 is 1.10 bits per heavy atom. The normalized spacial score (nSPS) is 12.8. The summed E-state index contributed by atoms with van der Waals surface area (Å²) in [7, 11) is 0. The average molecular weight is 528 g/mol. The summed E-state index contributed by atoms with van der Waals surface area (Å²) in [5.41, 5.74) is 2.27. The number of alkyl halides is 3. The van der Waals surface area contributed by atoms with Gasteiger partial charge in [-0.2, -0.15) is 0 Å². The fraction of sp³-hybridized carbons (Fsp3) is 0.333. The summed E-state index contributed by atoms with van der Waals surface area (Å²) >= 11 is 0.785. The van der Waals surface area contributed by atoms with Crippen molar-refractivity contribution in [1.82, 2.24) is 0 Å². The number of benzene rings is 3. The zero-order valence-corrected chi connectivity index (χ0v) is 21.3. The van der Waals surface area contributed by atoms with Crippen molar-refractivity contribution in [2.45, 2.75) is 57.5 Å². The van der Waals surface area contributed by atoms with Crippen LogP contribution in [0.4, 0.5) is 13.2 Å². The van der Waals surface area contributed by atoms with E-state index in [4.69, 9.17) is 0 Å². The molecule has 0 saturated carbocycles. The Kier molecular flexibility index (Phi) is 6.95. The summed E-state index contributed by atoms with van der Waals surface area (Å²) in [5.74, 6) is 0. The minimum absolute atomic E-state index is 0.279. The minimum atomic E-state index is -4.37. The first kappa shape index (κ1) is 23.9. The summed E-state index contributed by atoms with van der Waals surface area (Å²) in [5, 5.41) is 0. The van der Waals surface area contributed by atoms with E-state index in [1.165, 1.54) is 0 Å². The van der Waals surface area contributed by atoms with E-state index in [9.17, 15) is 13.2 Å². The van der Waals surface area contributed by atoms with Gasteiger partial charge in [0.1, 0.15) is 0 Å². The quantitative estimate of drug-likeness (QED) is 0.319. The predicted molar refractivity (Wildman–Crippen MR) is 123 cm³/mol. The second-order valence-electron chi connectivity index (χ2n) is 9.48.